The van der Waals surface area contributed by atoms with Gasteiger partial charge in [0.1, 0.15) is 0 Å². The summed E-state index contributed by atoms with van der Waals surface area (Å²) in [5.74, 6) is -0.391. The number of unbranched alkanes of at least 4 members (excludes halogenated alkanes) is 3. The third-order valence-corrected chi connectivity index (χ3v) is 5.25. The zero-order valence-electron chi connectivity index (χ0n) is 15.8. The molecule has 0 aromatic heterocycles. The molecular weight excluding hydrogens is 364 g/mol. The van der Waals surface area contributed by atoms with Crippen LogP contribution in [-0.4, -0.2) is 46.6 Å². The Bertz CT molecular complexity index is 728. The van der Waals surface area contributed by atoms with Crippen LogP contribution in [0.5, 0.6) is 0 Å². The number of imide groups is 1. The molecule has 6 nitrogen and oxygen atoms in total. The molecule has 0 fully saturated rings. The van der Waals surface area contributed by atoms with Gasteiger partial charge in [-0.15, -0.1) is 11.8 Å². The van der Waals surface area contributed by atoms with Gasteiger partial charge in [-0.25, -0.2) is 0 Å². The predicted octanol–water partition coefficient (Wildman–Crippen LogP) is 3.03. The van der Waals surface area contributed by atoms with E-state index in [-0.39, 0.29) is 24.3 Å². The second-order valence-corrected chi connectivity index (χ2v) is 7.46. The van der Waals surface area contributed by atoms with Crippen molar-refractivity contribution in [3.05, 3.63) is 34.7 Å². The van der Waals surface area contributed by atoms with Gasteiger partial charge in [0.05, 0.1) is 17.1 Å². The van der Waals surface area contributed by atoms with Gasteiger partial charge in [-0.3, -0.25) is 19.3 Å². The van der Waals surface area contributed by atoms with E-state index in [0.717, 1.165) is 25.7 Å². The Kier molecular flexibility index (Phi) is 8.06. The fourth-order valence-electron chi connectivity index (χ4n) is 2.91. The number of aliphatic hydroxyl groups is 1. The zero-order valence-corrected chi connectivity index (χ0v) is 16.6. The molecule has 2 N–H and O–H groups in total. The van der Waals surface area contributed by atoms with E-state index in [1.165, 1.54) is 23.6 Å². The number of benzene rings is 1. The van der Waals surface area contributed by atoms with E-state index in [1.54, 1.807) is 24.3 Å². The molecule has 0 saturated heterocycles. The molecule has 3 amide bonds. The van der Waals surface area contributed by atoms with Gasteiger partial charge in [0.25, 0.3) is 11.8 Å². The predicted molar refractivity (Wildman–Crippen MR) is 108 cm³/mol. The highest BCUT2D eigenvalue weighted by atomic mass is 32.2. The molecule has 146 valence electrons. The number of carbonyl (C=O) groups excluding carboxylic acids is 3. The summed E-state index contributed by atoms with van der Waals surface area (Å²) in [5, 5.41) is 11.8. The molecule has 1 aliphatic rings. The van der Waals surface area contributed by atoms with Gasteiger partial charge in [-0.1, -0.05) is 38.3 Å². The van der Waals surface area contributed by atoms with Crippen LogP contribution in [0.4, 0.5) is 5.69 Å². The van der Waals surface area contributed by atoms with E-state index in [2.05, 4.69) is 12.2 Å². The molecular formula is C20H26N2O4S. The molecule has 0 spiro atoms. The van der Waals surface area contributed by atoms with Crippen molar-refractivity contribution < 1.29 is 19.5 Å². The van der Waals surface area contributed by atoms with Gasteiger partial charge < -0.3 is 10.4 Å². The number of hydrogen-bond donors (Lipinski definition) is 2. The first-order valence-corrected chi connectivity index (χ1v) is 10.2. The number of nitrogens with zero attached hydrogens (tertiary/aromatic N) is 1. The Morgan fingerprint density at radius 1 is 1.11 bits per heavy atom. The summed E-state index contributed by atoms with van der Waals surface area (Å²) in [6.45, 7) is 3.88. The number of anilines is 1. The van der Waals surface area contributed by atoms with Gasteiger partial charge in [0.15, 0.2) is 0 Å². The average molecular weight is 391 g/mol. The maximum atomic E-state index is 12.9. The van der Waals surface area contributed by atoms with Gasteiger partial charge >= 0.3 is 0 Å². The van der Waals surface area contributed by atoms with Gasteiger partial charge in [-0.05, 0) is 24.1 Å². The first kappa shape index (κ1) is 21.2. The first-order chi connectivity index (χ1) is 13.0. The van der Waals surface area contributed by atoms with Crippen molar-refractivity contribution in [3.8, 4) is 0 Å². The van der Waals surface area contributed by atoms with Crippen LogP contribution in [0.1, 0.15) is 45.1 Å². The zero-order chi connectivity index (χ0) is 19.8. The summed E-state index contributed by atoms with van der Waals surface area (Å²) in [7, 11) is 0. The molecule has 27 heavy (non-hydrogen) atoms. The van der Waals surface area contributed by atoms with Crippen molar-refractivity contribution in [3.63, 3.8) is 0 Å². The third-order valence-electron chi connectivity index (χ3n) is 4.19. The van der Waals surface area contributed by atoms with Crippen LogP contribution in [-0.2, 0) is 14.4 Å². The molecule has 2 rings (SSSR count). The van der Waals surface area contributed by atoms with Crippen LogP contribution in [0.3, 0.4) is 0 Å². The Labute approximate surface area is 164 Å². The lowest BCUT2D eigenvalue weighted by atomic mass is 10.1. The molecule has 1 aromatic carbocycles. The van der Waals surface area contributed by atoms with Crippen molar-refractivity contribution in [2.75, 3.05) is 24.2 Å². The van der Waals surface area contributed by atoms with E-state index in [1.807, 2.05) is 0 Å². The van der Waals surface area contributed by atoms with Crippen LogP contribution in [0.15, 0.2) is 29.2 Å². The van der Waals surface area contributed by atoms with Crippen LogP contribution in [0.25, 0.3) is 5.57 Å². The largest absolute Gasteiger partial charge is 0.396 e. The normalized spacial score (nSPS) is 14.3. The highest BCUT2D eigenvalue weighted by Gasteiger charge is 2.38. The number of nitrogens with one attached hydrogen (secondary N) is 1. The number of rotatable bonds is 10. The second kappa shape index (κ2) is 10.3. The van der Waals surface area contributed by atoms with Crippen molar-refractivity contribution >= 4 is 40.7 Å². The smallest absolute Gasteiger partial charge is 0.267 e. The van der Waals surface area contributed by atoms with Gasteiger partial charge in [-0.2, -0.15) is 0 Å². The molecule has 0 atom stereocenters. The van der Waals surface area contributed by atoms with E-state index in [9.17, 15) is 14.4 Å². The minimum Gasteiger partial charge on any atom is -0.396 e. The summed E-state index contributed by atoms with van der Waals surface area (Å²) in [5.41, 5.74) is 1.65. The number of aliphatic hydroxyl groups excluding tert-OH is 1. The number of amides is 3. The second-order valence-electron chi connectivity index (χ2n) is 6.36. The van der Waals surface area contributed by atoms with Crippen LogP contribution < -0.4 is 5.32 Å². The summed E-state index contributed by atoms with van der Waals surface area (Å²) >= 11 is 1.21. The van der Waals surface area contributed by atoms with Crippen molar-refractivity contribution in [1.82, 2.24) is 4.90 Å². The highest BCUT2D eigenvalue weighted by Crippen LogP contribution is 2.36. The standard InChI is InChI=1S/C20H26N2O4S/c1-3-4-5-6-11-22-19(25)17(18(20(22)26)27-13-12-23)15-7-9-16(10-8-15)21-14(2)24/h7-10,23H,3-6,11-13H2,1-2H3,(H,21,24). The first-order valence-electron chi connectivity index (χ1n) is 9.21. The fraction of sp³-hybridized carbons (Fsp3) is 0.450. The summed E-state index contributed by atoms with van der Waals surface area (Å²) in [4.78, 5) is 38.5. The van der Waals surface area contributed by atoms with E-state index >= 15 is 0 Å². The fourth-order valence-corrected chi connectivity index (χ4v) is 3.79. The van der Waals surface area contributed by atoms with E-state index in [0.29, 0.717) is 34.0 Å². The molecule has 0 aliphatic carbocycles. The number of hydrogen-bond acceptors (Lipinski definition) is 5. The Hall–Kier alpha value is -2.12. The van der Waals surface area contributed by atoms with Crippen molar-refractivity contribution in [2.24, 2.45) is 0 Å². The maximum absolute atomic E-state index is 12.9. The number of thioether (sulfide) groups is 1. The van der Waals surface area contributed by atoms with Crippen molar-refractivity contribution in [1.29, 1.82) is 0 Å². The Morgan fingerprint density at radius 3 is 2.41 bits per heavy atom. The van der Waals surface area contributed by atoms with Crippen molar-refractivity contribution in [2.45, 2.75) is 39.5 Å². The average Bonchev–Trinajstić information content (AvgIpc) is 2.87. The molecule has 0 radical (unpaired) electrons. The SMILES string of the molecule is CCCCCCN1C(=O)C(SCCO)=C(c2ccc(NC(C)=O)cc2)C1=O. The Balaban J connectivity index is 2.25. The summed E-state index contributed by atoms with van der Waals surface area (Å²) < 4.78 is 0. The van der Waals surface area contributed by atoms with Crippen LogP contribution in [0.2, 0.25) is 0 Å². The van der Waals surface area contributed by atoms with Gasteiger partial charge in [0, 0.05) is 24.9 Å². The molecule has 1 aliphatic heterocycles. The molecule has 0 saturated carbocycles. The minimum absolute atomic E-state index is 0.0686. The molecule has 1 heterocycles. The van der Waals surface area contributed by atoms with Crippen LogP contribution >= 0.6 is 11.8 Å². The molecule has 1 aromatic rings. The quantitative estimate of drug-likeness (QED) is 0.474. The molecule has 0 bridgehead atoms. The lowest BCUT2D eigenvalue weighted by Crippen LogP contribution is -2.32. The lowest BCUT2D eigenvalue weighted by Gasteiger charge is -2.15. The topological polar surface area (TPSA) is 86.7 Å². The third kappa shape index (κ3) is 5.43. The van der Waals surface area contributed by atoms with E-state index < -0.39 is 0 Å². The number of carbonyl (C=O) groups is 3. The molecule has 7 heteroatoms. The maximum Gasteiger partial charge on any atom is 0.267 e. The van der Waals surface area contributed by atoms with Crippen LogP contribution in [0, 0.1) is 0 Å². The summed E-state index contributed by atoms with van der Waals surface area (Å²) in [6.07, 6.45) is 3.93. The van der Waals surface area contributed by atoms with Gasteiger partial charge in [0.2, 0.25) is 5.91 Å². The lowest BCUT2D eigenvalue weighted by molar-refractivity contribution is -0.136. The monoisotopic (exact) mass is 390 g/mol. The minimum atomic E-state index is -0.288. The summed E-state index contributed by atoms with van der Waals surface area (Å²) in [6, 6.07) is 6.87. The van der Waals surface area contributed by atoms with E-state index in [4.69, 9.17) is 5.11 Å². The molecule has 0 unspecified atom stereocenters. The highest BCUT2D eigenvalue weighted by molar-refractivity contribution is 8.04. The Morgan fingerprint density at radius 2 is 1.81 bits per heavy atom.